The van der Waals surface area contributed by atoms with Crippen LogP contribution >= 0.6 is 0 Å². The number of nitrogens with zero attached hydrogens (tertiary/aromatic N) is 1. The Bertz CT molecular complexity index is 256. The maximum atomic E-state index is 12.0. The number of β-amino-alcohol motifs (C(OH)–C–C–N with tert-alkyl or cyclic N) is 1. The van der Waals surface area contributed by atoms with Gasteiger partial charge in [-0.2, -0.15) is 0 Å². The van der Waals surface area contributed by atoms with E-state index in [9.17, 15) is 9.90 Å². The Hall–Kier alpha value is -0.610. The summed E-state index contributed by atoms with van der Waals surface area (Å²) in [7, 11) is 0. The lowest BCUT2D eigenvalue weighted by atomic mass is 9.88. The molecule has 2 fully saturated rings. The summed E-state index contributed by atoms with van der Waals surface area (Å²) in [4.78, 5) is 13.8. The van der Waals surface area contributed by atoms with Crippen LogP contribution in [0.4, 0.5) is 0 Å². The summed E-state index contributed by atoms with van der Waals surface area (Å²) >= 11 is 0. The molecule has 2 N–H and O–H groups in total. The van der Waals surface area contributed by atoms with Crippen LogP contribution in [0.15, 0.2) is 0 Å². The summed E-state index contributed by atoms with van der Waals surface area (Å²) < 4.78 is 0. The Morgan fingerprint density at radius 3 is 2.81 bits per heavy atom. The number of carbonyl (C=O) groups excluding carboxylic acids is 1. The largest absolute Gasteiger partial charge is 0.386 e. The molecule has 2 saturated heterocycles. The Morgan fingerprint density at radius 2 is 2.25 bits per heavy atom. The van der Waals surface area contributed by atoms with Crippen LogP contribution in [0.2, 0.25) is 0 Å². The first kappa shape index (κ1) is 11.9. The van der Waals surface area contributed by atoms with Crippen LogP contribution in [0.25, 0.3) is 0 Å². The van der Waals surface area contributed by atoms with Crippen LogP contribution in [-0.2, 0) is 4.79 Å². The number of rotatable bonds is 3. The average molecular weight is 226 g/mol. The fourth-order valence-corrected chi connectivity index (χ4v) is 2.73. The molecule has 1 amide bonds. The number of hydrogen-bond acceptors (Lipinski definition) is 3. The third kappa shape index (κ3) is 2.38. The van der Waals surface area contributed by atoms with Crippen LogP contribution in [0.3, 0.4) is 0 Å². The fourth-order valence-electron chi connectivity index (χ4n) is 2.73. The van der Waals surface area contributed by atoms with Crippen molar-refractivity contribution >= 4 is 5.91 Å². The molecule has 0 aliphatic carbocycles. The molecule has 0 spiro atoms. The normalized spacial score (nSPS) is 28.6. The number of hydrogen-bond donors (Lipinski definition) is 2. The number of nitrogens with one attached hydrogen (secondary N) is 1. The minimum Gasteiger partial charge on any atom is -0.386 e. The molecule has 0 bridgehead atoms. The highest BCUT2D eigenvalue weighted by molar-refractivity contribution is 5.83. The molecular weight excluding hydrogens is 204 g/mol. The lowest BCUT2D eigenvalue weighted by Gasteiger charge is -2.48. The summed E-state index contributed by atoms with van der Waals surface area (Å²) in [5.74, 6) is 0.181. The van der Waals surface area contributed by atoms with Gasteiger partial charge in [-0.15, -0.1) is 0 Å². The number of likely N-dealkylation sites (tertiary alicyclic amines) is 1. The molecule has 1 atom stereocenters. The molecule has 4 heteroatoms. The van der Waals surface area contributed by atoms with E-state index in [1.165, 1.54) is 6.42 Å². The van der Waals surface area contributed by atoms with Crippen LogP contribution in [-0.4, -0.2) is 47.2 Å². The van der Waals surface area contributed by atoms with Crippen molar-refractivity contribution in [1.29, 1.82) is 0 Å². The van der Waals surface area contributed by atoms with Crippen molar-refractivity contribution in [3.63, 3.8) is 0 Å². The lowest BCUT2D eigenvalue weighted by molar-refractivity contribution is -0.159. The van der Waals surface area contributed by atoms with Crippen LogP contribution < -0.4 is 5.32 Å². The van der Waals surface area contributed by atoms with Gasteiger partial charge in [0, 0.05) is 0 Å². The Labute approximate surface area is 97.0 Å². The third-order valence-electron chi connectivity index (χ3n) is 3.61. The Kier molecular flexibility index (Phi) is 3.50. The maximum Gasteiger partial charge on any atom is 0.239 e. The highest BCUT2D eigenvalue weighted by atomic mass is 16.3. The second kappa shape index (κ2) is 4.72. The van der Waals surface area contributed by atoms with Gasteiger partial charge in [0.15, 0.2) is 0 Å². The molecule has 16 heavy (non-hydrogen) atoms. The van der Waals surface area contributed by atoms with Crippen molar-refractivity contribution in [2.75, 3.05) is 19.6 Å². The molecule has 0 aromatic carbocycles. The van der Waals surface area contributed by atoms with Gasteiger partial charge in [-0.1, -0.05) is 19.8 Å². The van der Waals surface area contributed by atoms with Crippen molar-refractivity contribution in [3.8, 4) is 0 Å². The zero-order valence-electron chi connectivity index (χ0n) is 10.0. The topological polar surface area (TPSA) is 52.6 Å². The minimum atomic E-state index is -0.598. The molecule has 92 valence electrons. The molecule has 2 rings (SSSR count). The van der Waals surface area contributed by atoms with E-state index in [0.29, 0.717) is 13.1 Å². The van der Waals surface area contributed by atoms with Crippen molar-refractivity contribution in [2.45, 2.75) is 50.7 Å². The number of piperidine rings is 1. The molecule has 0 radical (unpaired) electrons. The van der Waals surface area contributed by atoms with Gasteiger partial charge < -0.3 is 15.3 Å². The van der Waals surface area contributed by atoms with E-state index in [-0.39, 0.29) is 11.9 Å². The van der Waals surface area contributed by atoms with Gasteiger partial charge in [0.05, 0.1) is 24.7 Å². The molecule has 2 aliphatic rings. The zero-order valence-corrected chi connectivity index (χ0v) is 10.0. The monoisotopic (exact) mass is 226 g/mol. The van der Waals surface area contributed by atoms with Gasteiger partial charge in [-0.3, -0.25) is 4.79 Å². The molecular formula is C12H22N2O2. The van der Waals surface area contributed by atoms with E-state index in [4.69, 9.17) is 0 Å². The van der Waals surface area contributed by atoms with Crippen LogP contribution in [0, 0.1) is 0 Å². The van der Waals surface area contributed by atoms with Gasteiger partial charge in [-0.05, 0) is 25.8 Å². The molecule has 0 unspecified atom stereocenters. The van der Waals surface area contributed by atoms with Crippen molar-refractivity contribution in [1.82, 2.24) is 10.2 Å². The first-order chi connectivity index (χ1) is 7.64. The van der Waals surface area contributed by atoms with Gasteiger partial charge in [0.1, 0.15) is 0 Å². The molecule has 2 heterocycles. The predicted molar refractivity (Wildman–Crippen MR) is 62.1 cm³/mol. The van der Waals surface area contributed by atoms with Gasteiger partial charge in [0.2, 0.25) is 5.91 Å². The van der Waals surface area contributed by atoms with E-state index in [1.807, 2.05) is 0 Å². The quantitative estimate of drug-likeness (QED) is 0.737. The van der Waals surface area contributed by atoms with Crippen molar-refractivity contribution in [3.05, 3.63) is 0 Å². The number of aliphatic hydroxyl groups is 1. The highest BCUT2D eigenvalue weighted by Gasteiger charge is 2.44. The standard InChI is InChI=1S/C12H22N2O2/c1-2-6-12(16)8-14(9-12)11(15)10-5-3-4-7-13-10/h10,13,16H,2-9H2,1H3/t10-/m1/s1. The van der Waals surface area contributed by atoms with Crippen molar-refractivity contribution in [2.24, 2.45) is 0 Å². The van der Waals surface area contributed by atoms with Gasteiger partial charge >= 0.3 is 0 Å². The smallest absolute Gasteiger partial charge is 0.239 e. The van der Waals surface area contributed by atoms with Crippen molar-refractivity contribution < 1.29 is 9.90 Å². The average Bonchev–Trinajstić information content (AvgIpc) is 2.26. The molecule has 4 nitrogen and oxygen atoms in total. The van der Waals surface area contributed by atoms with E-state index < -0.39 is 5.60 Å². The Morgan fingerprint density at radius 1 is 1.50 bits per heavy atom. The third-order valence-corrected chi connectivity index (χ3v) is 3.61. The summed E-state index contributed by atoms with van der Waals surface area (Å²) in [6, 6.07) is -0.0000680. The van der Waals surface area contributed by atoms with Gasteiger partial charge in [-0.25, -0.2) is 0 Å². The maximum absolute atomic E-state index is 12.0. The molecule has 0 aromatic heterocycles. The summed E-state index contributed by atoms with van der Waals surface area (Å²) in [5, 5.41) is 13.3. The second-order valence-electron chi connectivity index (χ2n) is 5.17. The van der Waals surface area contributed by atoms with Gasteiger partial charge in [0.25, 0.3) is 0 Å². The molecule has 0 aromatic rings. The number of amides is 1. The summed E-state index contributed by atoms with van der Waals surface area (Å²) in [5.41, 5.74) is -0.598. The zero-order chi connectivity index (χ0) is 11.6. The molecule has 0 saturated carbocycles. The SMILES string of the molecule is CCCC1(O)CN(C(=O)[C@H]2CCCCN2)C1. The van der Waals surface area contributed by atoms with E-state index in [0.717, 1.165) is 32.2 Å². The summed E-state index contributed by atoms with van der Waals surface area (Å²) in [6.45, 7) is 4.06. The van der Waals surface area contributed by atoms with E-state index in [1.54, 1.807) is 4.90 Å². The Balaban J connectivity index is 1.80. The first-order valence-electron chi connectivity index (χ1n) is 6.39. The van der Waals surface area contributed by atoms with Crippen LogP contribution in [0.1, 0.15) is 39.0 Å². The van der Waals surface area contributed by atoms with E-state index in [2.05, 4.69) is 12.2 Å². The number of carbonyl (C=O) groups is 1. The van der Waals surface area contributed by atoms with E-state index >= 15 is 0 Å². The highest BCUT2D eigenvalue weighted by Crippen LogP contribution is 2.27. The first-order valence-corrected chi connectivity index (χ1v) is 6.39. The summed E-state index contributed by atoms with van der Waals surface area (Å²) in [6.07, 6.45) is 5.02. The fraction of sp³-hybridized carbons (Fsp3) is 0.917. The predicted octanol–water partition coefficient (Wildman–Crippen LogP) is 0.502. The lowest BCUT2D eigenvalue weighted by Crippen LogP contribution is -2.66. The minimum absolute atomic E-state index is 0.0000680. The molecule has 2 aliphatic heterocycles. The van der Waals surface area contributed by atoms with Crippen LogP contribution in [0.5, 0.6) is 0 Å². The second-order valence-corrected chi connectivity index (χ2v) is 5.17.